The normalized spacial score (nSPS) is 22.0. The van der Waals surface area contributed by atoms with E-state index in [-0.39, 0.29) is 37.4 Å². The molecule has 2 aromatic heterocycles. The van der Waals surface area contributed by atoms with Crippen molar-refractivity contribution in [2.75, 3.05) is 40.4 Å². The molecule has 0 radical (unpaired) electrons. The van der Waals surface area contributed by atoms with Crippen molar-refractivity contribution in [3.8, 4) is 22.4 Å². The van der Waals surface area contributed by atoms with E-state index < -0.39 is 53.3 Å². The lowest BCUT2D eigenvalue weighted by Crippen LogP contribution is -2.63. The molecule has 15 heteroatoms. The van der Waals surface area contributed by atoms with Gasteiger partial charge in [0.15, 0.2) is 0 Å². The number of nitrogens with zero attached hydrogens (tertiary/aromatic N) is 6. The van der Waals surface area contributed by atoms with E-state index in [9.17, 15) is 24.0 Å². The Morgan fingerprint density at radius 3 is 2.51 bits per heavy atom. The van der Waals surface area contributed by atoms with Crippen LogP contribution < -0.4 is 10.7 Å². The number of ether oxygens (including phenoxy) is 2. The second kappa shape index (κ2) is 18.8. The topological polar surface area (TPSA) is 168 Å². The Kier molecular flexibility index (Phi) is 13.5. The average molecular weight is 861 g/mol. The summed E-state index contributed by atoms with van der Waals surface area (Å²) < 4.78 is 14.5. The highest BCUT2D eigenvalue weighted by Crippen LogP contribution is 2.40. The summed E-state index contributed by atoms with van der Waals surface area (Å²) in [6.45, 7) is 15.3. The van der Waals surface area contributed by atoms with E-state index in [1.54, 1.807) is 11.9 Å². The van der Waals surface area contributed by atoms with Crippen LogP contribution in [-0.2, 0) is 46.4 Å². The van der Waals surface area contributed by atoms with Crippen LogP contribution in [0.25, 0.3) is 33.3 Å². The number of esters is 1. The largest absolute Gasteiger partial charge is 0.464 e. The third-order valence-electron chi connectivity index (χ3n) is 12.7. The van der Waals surface area contributed by atoms with Gasteiger partial charge < -0.3 is 29.2 Å². The number of hydrogen-bond acceptors (Lipinski definition) is 10. The van der Waals surface area contributed by atoms with E-state index in [4.69, 9.17) is 9.47 Å². The van der Waals surface area contributed by atoms with Crippen LogP contribution in [-0.4, -0.2) is 117 Å². The molecule has 0 aliphatic carbocycles. The maximum Gasteiger partial charge on any atom is 0.324 e. The van der Waals surface area contributed by atoms with Gasteiger partial charge in [0.05, 0.1) is 18.2 Å². The van der Waals surface area contributed by atoms with Crippen LogP contribution in [0.15, 0.2) is 73.8 Å². The number of fused-ring (bicyclic) bond motifs is 6. The Morgan fingerprint density at radius 2 is 1.81 bits per heavy atom. The fourth-order valence-corrected chi connectivity index (χ4v) is 9.55. The number of aryl methyl sites for hydroxylation is 1. The van der Waals surface area contributed by atoms with Crippen molar-refractivity contribution in [1.82, 2.24) is 40.1 Å². The molecule has 334 valence electrons. The number of rotatable bonds is 9. The number of likely N-dealkylation sites (N-methyl/N-ethyl adjacent to an activating group) is 1. The number of amides is 4. The third kappa shape index (κ3) is 9.26. The predicted octanol–water partition coefficient (Wildman–Crippen LogP) is 5.10. The van der Waals surface area contributed by atoms with Gasteiger partial charge in [0, 0.05) is 74.6 Å². The van der Waals surface area contributed by atoms with E-state index in [1.165, 1.54) is 29.4 Å². The van der Waals surface area contributed by atoms with Gasteiger partial charge in [0.2, 0.25) is 17.7 Å². The van der Waals surface area contributed by atoms with Crippen molar-refractivity contribution in [2.45, 2.75) is 91.1 Å². The van der Waals surface area contributed by atoms with Crippen LogP contribution in [0.4, 0.5) is 0 Å². The maximum atomic E-state index is 14.9. The molecule has 4 amide bonds. The molecule has 2 fully saturated rings. The first-order valence-electron chi connectivity index (χ1n) is 21.9. The van der Waals surface area contributed by atoms with E-state index in [0.717, 1.165) is 38.9 Å². The number of cyclic esters (lactones) is 1. The van der Waals surface area contributed by atoms with Crippen LogP contribution >= 0.6 is 0 Å². The number of nitrogens with one attached hydrogen (secondary N) is 2. The Hall–Kier alpha value is -5.93. The second-order valence-corrected chi connectivity index (χ2v) is 18.1. The Bertz CT molecular complexity index is 2380. The first-order chi connectivity index (χ1) is 30.2. The van der Waals surface area contributed by atoms with Gasteiger partial charge >= 0.3 is 5.97 Å². The summed E-state index contributed by atoms with van der Waals surface area (Å²) in [5.74, 6) is -2.87. The number of hydrazine groups is 1. The molecule has 3 aliphatic heterocycles. The quantitative estimate of drug-likeness (QED) is 0.171. The Morgan fingerprint density at radius 1 is 1.06 bits per heavy atom. The zero-order chi connectivity index (χ0) is 45.2. The minimum absolute atomic E-state index is 0.125. The Balaban J connectivity index is 1.31. The van der Waals surface area contributed by atoms with Crippen LogP contribution in [0.3, 0.4) is 0 Å². The van der Waals surface area contributed by atoms with Crippen molar-refractivity contribution in [3.63, 3.8) is 0 Å². The van der Waals surface area contributed by atoms with Crippen molar-refractivity contribution in [2.24, 2.45) is 17.3 Å². The molecule has 2 aromatic carbocycles. The summed E-state index contributed by atoms with van der Waals surface area (Å²) >= 11 is 0. The first-order valence-corrected chi connectivity index (χ1v) is 21.9. The first kappa shape index (κ1) is 45.1. The van der Waals surface area contributed by atoms with Gasteiger partial charge in [-0.25, -0.2) is 15.4 Å². The molecule has 5 heterocycles. The molecule has 0 spiro atoms. The summed E-state index contributed by atoms with van der Waals surface area (Å²) in [5.41, 5.74) is 9.11. The average Bonchev–Trinajstić information content (AvgIpc) is 3.90. The fraction of sp³-hybridized carbons (Fsp3) is 0.479. The number of likely N-dealkylation sites (tertiary alicyclic amines) is 1. The summed E-state index contributed by atoms with van der Waals surface area (Å²) in [4.78, 5) is 81.4. The van der Waals surface area contributed by atoms with E-state index in [1.807, 2.05) is 50.5 Å². The number of hydrogen-bond donors (Lipinski definition) is 2. The summed E-state index contributed by atoms with van der Waals surface area (Å²) in [5, 5.41) is 5.45. The lowest BCUT2D eigenvalue weighted by Gasteiger charge is -2.38. The van der Waals surface area contributed by atoms with E-state index >= 15 is 0 Å². The van der Waals surface area contributed by atoms with Gasteiger partial charge in [-0.3, -0.25) is 29.0 Å². The Labute approximate surface area is 369 Å². The van der Waals surface area contributed by atoms with Gasteiger partial charge in [-0.1, -0.05) is 58.5 Å². The highest BCUT2D eigenvalue weighted by molar-refractivity contribution is 5.96. The summed E-state index contributed by atoms with van der Waals surface area (Å²) in [6, 6.07) is 11.1. The molecular weight excluding hydrogens is 801 g/mol. The molecular formula is C48H60N8O7. The minimum atomic E-state index is -1.28. The molecule has 1 unspecified atom stereocenters. The van der Waals surface area contributed by atoms with Crippen molar-refractivity contribution in [1.29, 1.82) is 0 Å². The third-order valence-corrected chi connectivity index (χ3v) is 12.7. The van der Waals surface area contributed by atoms with Crippen LogP contribution in [0.5, 0.6) is 0 Å². The minimum Gasteiger partial charge on any atom is -0.464 e. The molecule has 15 nitrogen and oxygen atoms in total. The standard InChI is InChI=1S/C48H60N8O7/c1-9-39(57)54-20-18-33(26-54)45(59)53(7)41(29(3)4)44(58)51-40-43(62-8)32-14-11-13-30(21-32)31-16-17-38-35(22-31)36(42(55(38)10-2)34-24-49-28-50-25-34)23-48(5,6)27-63-47(61)37-15-12-19-56(52-37)46(40)60/h9,11,13-14,16-17,21-22,24-25,28-29,33,37,40-41,43,52H,1,10,12,15,18-20,23,26-27H2,2-8H3,(H,51,58)/t33-,37-,40-,41?,43-/m0/s1. The number of methoxy groups -OCH3 is 1. The number of carbonyl (C=O) groups is 5. The van der Waals surface area contributed by atoms with Gasteiger partial charge in [-0.2, -0.15) is 0 Å². The van der Waals surface area contributed by atoms with Crippen LogP contribution in [0.1, 0.15) is 71.1 Å². The number of carbonyl (C=O) groups excluding carboxylic acids is 5. The highest BCUT2D eigenvalue weighted by atomic mass is 16.5. The molecule has 2 saturated heterocycles. The molecule has 6 bridgehead atoms. The highest BCUT2D eigenvalue weighted by Gasteiger charge is 2.42. The lowest BCUT2D eigenvalue weighted by molar-refractivity contribution is -0.157. The molecule has 2 N–H and O–H groups in total. The van der Waals surface area contributed by atoms with Gasteiger partial charge in [-0.15, -0.1) is 0 Å². The van der Waals surface area contributed by atoms with E-state index in [0.29, 0.717) is 44.3 Å². The van der Waals surface area contributed by atoms with Gasteiger partial charge in [0.25, 0.3) is 5.91 Å². The summed E-state index contributed by atoms with van der Waals surface area (Å²) in [6.07, 6.45) is 7.41. The van der Waals surface area contributed by atoms with Crippen molar-refractivity contribution in [3.05, 3.63) is 85.0 Å². The van der Waals surface area contributed by atoms with Gasteiger partial charge in [0.1, 0.15) is 30.6 Å². The predicted molar refractivity (Wildman–Crippen MR) is 238 cm³/mol. The lowest BCUT2D eigenvalue weighted by atomic mass is 9.84. The van der Waals surface area contributed by atoms with Crippen LogP contribution in [0.2, 0.25) is 0 Å². The molecule has 3 aliphatic rings. The summed E-state index contributed by atoms with van der Waals surface area (Å²) in [7, 11) is 3.08. The van der Waals surface area contributed by atoms with Gasteiger partial charge in [-0.05, 0) is 85.1 Å². The monoisotopic (exact) mass is 860 g/mol. The molecule has 7 rings (SSSR count). The zero-order valence-electron chi connectivity index (χ0n) is 37.4. The maximum absolute atomic E-state index is 14.9. The molecule has 63 heavy (non-hydrogen) atoms. The smallest absolute Gasteiger partial charge is 0.324 e. The number of benzene rings is 2. The van der Waals surface area contributed by atoms with Crippen molar-refractivity contribution < 1.29 is 33.4 Å². The van der Waals surface area contributed by atoms with Crippen LogP contribution in [0, 0.1) is 17.3 Å². The molecule has 0 saturated carbocycles. The fourth-order valence-electron chi connectivity index (χ4n) is 9.55. The van der Waals surface area contributed by atoms with Crippen molar-refractivity contribution >= 4 is 40.5 Å². The molecule has 4 aromatic rings. The zero-order valence-corrected chi connectivity index (χ0v) is 37.4. The molecule has 5 atom stereocenters. The van der Waals surface area contributed by atoms with E-state index in [2.05, 4.69) is 70.8 Å². The number of aromatic nitrogens is 3. The SMILES string of the molecule is C=CC(=O)N1CC[C@H](C(=O)N(C)C(C(=O)N[C@@H]2C(=O)N3CCC[C@H](N3)C(=O)OCC(C)(C)Cc3c(-c4cncnc4)n(CC)c4ccc(cc34)-c3cccc(c3)[C@@H]2OC)C(C)C)C1. The second-order valence-electron chi connectivity index (χ2n) is 18.1.